The molecule has 0 saturated carbocycles. The lowest BCUT2D eigenvalue weighted by atomic mass is 9.94. The highest BCUT2D eigenvalue weighted by molar-refractivity contribution is 5.66. The molecule has 1 atom stereocenters. The van der Waals surface area contributed by atoms with Crippen LogP contribution in [-0.4, -0.2) is 6.29 Å². The predicted molar refractivity (Wildman–Crippen MR) is 80.6 cm³/mol. The van der Waals surface area contributed by atoms with Gasteiger partial charge in [-0.1, -0.05) is 42.7 Å². The van der Waals surface area contributed by atoms with Crippen LogP contribution in [0.4, 0.5) is 0 Å². The minimum absolute atomic E-state index is 0.471. The number of carbonyl (C=O) groups is 1. The summed E-state index contributed by atoms with van der Waals surface area (Å²) in [5, 5.41) is 0. The van der Waals surface area contributed by atoms with E-state index in [-0.39, 0.29) is 0 Å². The summed E-state index contributed by atoms with van der Waals surface area (Å²) in [5.74, 6) is 0.471. The SMILES string of the molecule is CC/C(=C\C=O)C(C)C/C=C(\C)CCC=C(C)C. The quantitative estimate of drug-likeness (QED) is 0.326. The van der Waals surface area contributed by atoms with Crippen molar-refractivity contribution in [3.05, 3.63) is 34.9 Å². The highest BCUT2D eigenvalue weighted by atomic mass is 16.1. The first-order chi connectivity index (χ1) is 8.51. The second-order valence-corrected chi connectivity index (χ2v) is 5.24. The maximum atomic E-state index is 10.5. The zero-order valence-electron chi connectivity index (χ0n) is 12.6. The Morgan fingerprint density at radius 2 is 1.83 bits per heavy atom. The van der Waals surface area contributed by atoms with Crippen molar-refractivity contribution in [2.24, 2.45) is 5.92 Å². The molecule has 0 aliphatic rings. The normalized spacial score (nSPS) is 14.3. The maximum Gasteiger partial charge on any atom is 0.142 e. The van der Waals surface area contributed by atoms with Gasteiger partial charge < -0.3 is 0 Å². The molecule has 0 aromatic heterocycles. The summed E-state index contributed by atoms with van der Waals surface area (Å²) >= 11 is 0. The molecule has 0 fully saturated rings. The van der Waals surface area contributed by atoms with Crippen molar-refractivity contribution in [1.29, 1.82) is 0 Å². The number of hydrogen-bond donors (Lipinski definition) is 0. The third-order valence-corrected chi connectivity index (χ3v) is 3.23. The van der Waals surface area contributed by atoms with Gasteiger partial charge in [0.05, 0.1) is 0 Å². The fraction of sp³-hybridized carbons (Fsp3) is 0.588. The van der Waals surface area contributed by atoms with Gasteiger partial charge >= 0.3 is 0 Å². The summed E-state index contributed by atoms with van der Waals surface area (Å²) in [6.45, 7) is 10.8. The number of hydrogen-bond acceptors (Lipinski definition) is 1. The van der Waals surface area contributed by atoms with Crippen LogP contribution in [0.25, 0.3) is 0 Å². The van der Waals surface area contributed by atoms with Crippen LogP contribution in [-0.2, 0) is 4.79 Å². The van der Waals surface area contributed by atoms with Gasteiger partial charge in [-0.15, -0.1) is 0 Å². The molecule has 1 heteroatoms. The molecule has 1 unspecified atom stereocenters. The Bertz CT molecular complexity index is 328. The minimum Gasteiger partial charge on any atom is -0.299 e. The first-order valence-corrected chi connectivity index (χ1v) is 6.94. The molecule has 0 aliphatic carbocycles. The molecule has 0 rings (SSSR count). The Labute approximate surface area is 113 Å². The second-order valence-electron chi connectivity index (χ2n) is 5.24. The van der Waals surface area contributed by atoms with E-state index in [1.165, 1.54) is 16.7 Å². The lowest BCUT2D eigenvalue weighted by Gasteiger charge is -2.12. The summed E-state index contributed by atoms with van der Waals surface area (Å²) < 4.78 is 0. The zero-order chi connectivity index (χ0) is 14.0. The summed E-state index contributed by atoms with van der Waals surface area (Å²) in [6.07, 6.45) is 11.5. The Kier molecular flexibility index (Phi) is 9.26. The van der Waals surface area contributed by atoms with Gasteiger partial charge in [0.15, 0.2) is 0 Å². The van der Waals surface area contributed by atoms with Crippen LogP contribution in [0.3, 0.4) is 0 Å². The van der Waals surface area contributed by atoms with Crippen LogP contribution in [0.1, 0.15) is 60.3 Å². The van der Waals surface area contributed by atoms with E-state index in [1.807, 2.05) is 0 Å². The fourth-order valence-corrected chi connectivity index (χ4v) is 1.94. The van der Waals surface area contributed by atoms with Gasteiger partial charge in [0.1, 0.15) is 6.29 Å². The molecule has 0 N–H and O–H groups in total. The number of carbonyl (C=O) groups excluding carboxylic acids is 1. The predicted octanol–water partition coefficient (Wildman–Crippen LogP) is 5.24. The molecule has 0 aromatic carbocycles. The van der Waals surface area contributed by atoms with Crippen molar-refractivity contribution in [3.8, 4) is 0 Å². The van der Waals surface area contributed by atoms with Gasteiger partial charge in [0.25, 0.3) is 0 Å². The fourth-order valence-electron chi connectivity index (χ4n) is 1.94. The summed E-state index contributed by atoms with van der Waals surface area (Å²) in [6, 6.07) is 0. The monoisotopic (exact) mass is 248 g/mol. The molecule has 18 heavy (non-hydrogen) atoms. The highest BCUT2D eigenvalue weighted by Gasteiger charge is 2.05. The summed E-state index contributed by atoms with van der Waals surface area (Å²) in [4.78, 5) is 10.5. The summed E-state index contributed by atoms with van der Waals surface area (Å²) in [7, 11) is 0. The Morgan fingerprint density at radius 3 is 2.33 bits per heavy atom. The summed E-state index contributed by atoms with van der Waals surface area (Å²) in [5.41, 5.74) is 4.08. The Balaban J connectivity index is 4.23. The number of rotatable bonds is 8. The lowest BCUT2D eigenvalue weighted by Crippen LogP contribution is -1.98. The topological polar surface area (TPSA) is 17.1 Å². The van der Waals surface area contributed by atoms with Gasteiger partial charge in [-0.3, -0.25) is 4.79 Å². The van der Waals surface area contributed by atoms with Gasteiger partial charge in [0, 0.05) is 0 Å². The molecule has 0 radical (unpaired) electrons. The van der Waals surface area contributed by atoms with Crippen LogP contribution < -0.4 is 0 Å². The van der Waals surface area contributed by atoms with Gasteiger partial charge in [-0.2, -0.15) is 0 Å². The molecular formula is C17H28O. The van der Waals surface area contributed by atoms with E-state index in [1.54, 1.807) is 6.08 Å². The molecule has 0 aromatic rings. The molecule has 0 spiro atoms. The van der Waals surface area contributed by atoms with Crippen LogP contribution in [0.5, 0.6) is 0 Å². The highest BCUT2D eigenvalue weighted by Crippen LogP contribution is 2.19. The standard InChI is InChI=1S/C17H28O/c1-6-17(12-13-18)16(5)11-10-15(4)9-7-8-14(2)3/h8,10,12-13,16H,6-7,9,11H2,1-5H3/b15-10+,17-12+. The third-order valence-electron chi connectivity index (χ3n) is 3.23. The molecule has 1 nitrogen and oxygen atoms in total. The minimum atomic E-state index is 0.471. The first-order valence-electron chi connectivity index (χ1n) is 6.94. The number of aldehydes is 1. The molecule has 0 saturated heterocycles. The van der Waals surface area contributed by atoms with Gasteiger partial charge in [-0.25, -0.2) is 0 Å². The van der Waals surface area contributed by atoms with Crippen molar-refractivity contribution >= 4 is 6.29 Å². The van der Waals surface area contributed by atoms with E-state index < -0.39 is 0 Å². The first kappa shape index (κ1) is 16.9. The third kappa shape index (κ3) is 8.05. The van der Waals surface area contributed by atoms with Crippen LogP contribution in [0.2, 0.25) is 0 Å². The van der Waals surface area contributed by atoms with E-state index in [0.29, 0.717) is 5.92 Å². The molecule has 0 bridgehead atoms. The average molecular weight is 248 g/mol. The zero-order valence-corrected chi connectivity index (χ0v) is 12.6. The van der Waals surface area contributed by atoms with Crippen LogP contribution >= 0.6 is 0 Å². The Morgan fingerprint density at radius 1 is 1.17 bits per heavy atom. The van der Waals surface area contributed by atoms with E-state index in [9.17, 15) is 4.79 Å². The molecule has 102 valence electrons. The van der Waals surface area contributed by atoms with E-state index in [2.05, 4.69) is 46.8 Å². The van der Waals surface area contributed by atoms with E-state index in [0.717, 1.165) is 32.0 Å². The largest absolute Gasteiger partial charge is 0.299 e. The lowest BCUT2D eigenvalue weighted by molar-refractivity contribution is -0.104. The van der Waals surface area contributed by atoms with Crippen LogP contribution in [0.15, 0.2) is 34.9 Å². The van der Waals surface area contributed by atoms with Crippen LogP contribution in [0, 0.1) is 5.92 Å². The average Bonchev–Trinajstić information content (AvgIpc) is 2.32. The smallest absolute Gasteiger partial charge is 0.142 e. The molecular weight excluding hydrogens is 220 g/mol. The van der Waals surface area contributed by atoms with Crippen molar-refractivity contribution in [2.45, 2.75) is 60.3 Å². The second kappa shape index (κ2) is 9.87. The van der Waals surface area contributed by atoms with Crippen molar-refractivity contribution in [3.63, 3.8) is 0 Å². The molecule has 0 amide bonds. The molecule has 0 aliphatic heterocycles. The maximum absolute atomic E-state index is 10.5. The van der Waals surface area contributed by atoms with E-state index in [4.69, 9.17) is 0 Å². The number of allylic oxidation sites excluding steroid dienone is 6. The van der Waals surface area contributed by atoms with Crippen molar-refractivity contribution < 1.29 is 4.79 Å². The molecule has 0 heterocycles. The van der Waals surface area contributed by atoms with Gasteiger partial charge in [0.2, 0.25) is 0 Å². The van der Waals surface area contributed by atoms with Gasteiger partial charge in [-0.05, 0) is 58.4 Å². The Hall–Kier alpha value is -1.11. The van der Waals surface area contributed by atoms with Crippen molar-refractivity contribution in [1.82, 2.24) is 0 Å². The van der Waals surface area contributed by atoms with Crippen molar-refractivity contribution in [2.75, 3.05) is 0 Å². The van der Waals surface area contributed by atoms with E-state index >= 15 is 0 Å².